The van der Waals surface area contributed by atoms with Crippen molar-refractivity contribution in [3.05, 3.63) is 33.4 Å². The zero-order chi connectivity index (χ0) is 21.2. The molecule has 1 aromatic heterocycles. The zero-order valence-electron chi connectivity index (χ0n) is 17.7. The smallest absolute Gasteiger partial charge is 0.410 e. The highest BCUT2D eigenvalue weighted by molar-refractivity contribution is 8.02. The molecule has 0 radical (unpaired) electrons. The molecule has 6 nitrogen and oxygen atoms in total. The van der Waals surface area contributed by atoms with Gasteiger partial charge in [-0.3, -0.25) is 4.90 Å². The van der Waals surface area contributed by atoms with Crippen LogP contribution in [-0.2, 0) is 16.0 Å². The van der Waals surface area contributed by atoms with Crippen LogP contribution < -0.4 is 0 Å². The summed E-state index contributed by atoms with van der Waals surface area (Å²) in [5, 5.41) is 1.99. The number of thiophene rings is 1. The number of carbonyl (C=O) groups is 2. The third-order valence-electron chi connectivity index (χ3n) is 3.58. The zero-order valence-corrected chi connectivity index (χ0v) is 19.3. The molecule has 8 heteroatoms. The second-order valence-corrected chi connectivity index (χ2v) is 9.20. The standard InChI is InChI=1S/C20H32N2O4S2/c1-7-9-16(27-6)14-22(15-17-10-8-13-28-17)19(24)25-12-11-21(5)18(23)26-20(2,3)4/h8-10,13H,7,11-12,14-15H2,1-6H3/b16-9-. The maximum absolute atomic E-state index is 12.6. The van der Waals surface area contributed by atoms with Gasteiger partial charge in [0.15, 0.2) is 0 Å². The lowest BCUT2D eigenvalue weighted by Crippen LogP contribution is -2.38. The van der Waals surface area contributed by atoms with Gasteiger partial charge in [-0.25, -0.2) is 9.59 Å². The first-order valence-corrected chi connectivity index (χ1v) is 11.4. The number of amides is 2. The molecule has 0 saturated carbocycles. The Bertz CT molecular complexity index is 639. The van der Waals surface area contributed by atoms with E-state index >= 15 is 0 Å². The van der Waals surface area contributed by atoms with Crippen molar-refractivity contribution in [3.8, 4) is 0 Å². The molecule has 0 N–H and O–H groups in total. The quantitative estimate of drug-likeness (QED) is 0.540. The number of carbonyl (C=O) groups excluding carboxylic acids is 2. The Kier molecular flexibility index (Phi) is 10.5. The van der Waals surface area contributed by atoms with Gasteiger partial charge in [-0.05, 0) is 44.9 Å². The number of rotatable bonds is 9. The van der Waals surface area contributed by atoms with Crippen LogP contribution in [0.25, 0.3) is 0 Å². The predicted molar refractivity (Wildman–Crippen MR) is 117 cm³/mol. The third kappa shape index (κ3) is 9.50. The summed E-state index contributed by atoms with van der Waals surface area (Å²) >= 11 is 3.25. The van der Waals surface area contributed by atoms with Crippen LogP contribution in [0, 0.1) is 0 Å². The summed E-state index contributed by atoms with van der Waals surface area (Å²) in [5.74, 6) is 0. The van der Waals surface area contributed by atoms with Crippen molar-refractivity contribution < 1.29 is 19.1 Å². The minimum absolute atomic E-state index is 0.113. The van der Waals surface area contributed by atoms with Crippen LogP contribution >= 0.6 is 23.1 Å². The van der Waals surface area contributed by atoms with Crippen LogP contribution in [0.4, 0.5) is 9.59 Å². The normalized spacial score (nSPS) is 11.9. The van der Waals surface area contributed by atoms with Crippen molar-refractivity contribution >= 4 is 35.3 Å². The molecule has 1 aromatic rings. The van der Waals surface area contributed by atoms with E-state index in [2.05, 4.69) is 13.0 Å². The first kappa shape index (κ1) is 24.4. The van der Waals surface area contributed by atoms with Crippen LogP contribution in [0.1, 0.15) is 39.0 Å². The Hall–Kier alpha value is -1.67. The van der Waals surface area contributed by atoms with Gasteiger partial charge in [0.25, 0.3) is 0 Å². The van der Waals surface area contributed by atoms with Crippen LogP contribution in [0.5, 0.6) is 0 Å². The lowest BCUT2D eigenvalue weighted by molar-refractivity contribution is 0.0247. The Balaban J connectivity index is 2.63. The second-order valence-electron chi connectivity index (χ2n) is 7.23. The Morgan fingerprint density at radius 2 is 2.00 bits per heavy atom. The van der Waals surface area contributed by atoms with Gasteiger partial charge < -0.3 is 14.4 Å². The van der Waals surface area contributed by atoms with Crippen LogP contribution in [0.15, 0.2) is 28.5 Å². The molecular weight excluding hydrogens is 396 g/mol. The molecule has 0 aliphatic rings. The lowest BCUT2D eigenvalue weighted by Gasteiger charge is -2.25. The van der Waals surface area contributed by atoms with Gasteiger partial charge in [0.05, 0.1) is 19.6 Å². The fourth-order valence-corrected chi connectivity index (χ4v) is 3.53. The highest BCUT2D eigenvalue weighted by Crippen LogP contribution is 2.19. The average molecular weight is 429 g/mol. The van der Waals surface area contributed by atoms with E-state index in [1.165, 1.54) is 4.90 Å². The van der Waals surface area contributed by atoms with Gasteiger partial charge in [0.2, 0.25) is 0 Å². The molecule has 0 saturated heterocycles. The summed E-state index contributed by atoms with van der Waals surface area (Å²) in [4.78, 5) is 29.9. The number of hydrogen-bond donors (Lipinski definition) is 0. The SMILES string of the molecule is CC/C=C(/CN(Cc1cccs1)C(=O)OCCN(C)C(=O)OC(C)(C)C)SC. The lowest BCUT2D eigenvalue weighted by atomic mass is 10.2. The van der Waals surface area contributed by atoms with Gasteiger partial charge in [-0.2, -0.15) is 0 Å². The number of thioether (sulfide) groups is 1. The summed E-state index contributed by atoms with van der Waals surface area (Å²) in [5.41, 5.74) is -0.556. The van der Waals surface area contributed by atoms with Crippen molar-refractivity contribution in [3.63, 3.8) is 0 Å². The molecule has 0 bridgehead atoms. The van der Waals surface area contributed by atoms with E-state index in [4.69, 9.17) is 9.47 Å². The summed E-state index contributed by atoms with van der Waals surface area (Å²) in [7, 11) is 1.63. The van der Waals surface area contributed by atoms with Crippen molar-refractivity contribution in [1.82, 2.24) is 9.80 Å². The van der Waals surface area contributed by atoms with Gasteiger partial charge >= 0.3 is 12.2 Å². The van der Waals surface area contributed by atoms with Crippen molar-refractivity contribution in [2.75, 3.05) is 33.0 Å². The molecule has 2 amide bonds. The summed E-state index contributed by atoms with van der Waals surface area (Å²) < 4.78 is 10.7. The number of hydrogen-bond acceptors (Lipinski definition) is 6. The minimum Gasteiger partial charge on any atom is -0.448 e. The number of nitrogens with zero attached hydrogens (tertiary/aromatic N) is 2. The van der Waals surface area contributed by atoms with Crippen molar-refractivity contribution in [2.24, 2.45) is 0 Å². The largest absolute Gasteiger partial charge is 0.448 e. The molecule has 28 heavy (non-hydrogen) atoms. The molecule has 1 heterocycles. The van der Waals surface area contributed by atoms with E-state index in [1.807, 2.05) is 44.5 Å². The highest BCUT2D eigenvalue weighted by Gasteiger charge is 2.21. The highest BCUT2D eigenvalue weighted by atomic mass is 32.2. The third-order valence-corrected chi connectivity index (χ3v) is 5.26. The monoisotopic (exact) mass is 428 g/mol. The molecule has 158 valence electrons. The molecule has 0 unspecified atom stereocenters. The van der Waals surface area contributed by atoms with Crippen LogP contribution in [-0.4, -0.2) is 60.6 Å². The predicted octanol–water partition coefficient (Wildman–Crippen LogP) is 5.21. The maximum atomic E-state index is 12.6. The topological polar surface area (TPSA) is 59.1 Å². The van der Waals surface area contributed by atoms with Gasteiger partial charge in [-0.1, -0.05) is 19.1 Å². The minimum atomic E-state index is -0.556. The van der Waals surface area contributed by atoms with Crippen LogP contribution in [0.3, 0.4) is 0 Å². The first-order valence-electron chi connectivity index (χ1n) is 9.27. The fraction of sp³-hybridized carbons (Fsp3) is 0.600. The van der Waals surface area contributed by atoms with Gasteiger partial charge in [0, 0.05) is 16.8 Å². The molecule has 0 spiro atoms. The summed E-state index contributed by atoms with van der Waals surface area (Å²) in [6.45, 7) is 8.91. The van der Waals surface area contributed by atoms with E-state index in [0.29, 0.717) is 13.1 Å². The molecule has 0 aliphatic carbocycles. The average Bonchev–Trinajstić information content (AvgIpc) is 3.11. The molecule has 0 fully saturated rings. The molecule has 0 aromatic carbocycles. The molecular formula is C20H32N2O4S2. The first-order chi connectivity index (χ1) is 13.2. The van der Waals surface area contributed by atoms with Gasteiger partial charge in [-0.15, -0.1) is 23.1 Å². The van der Waals surface area contributed by atoms with E-state index in [9.17, 15) is 9.59 Å². The summed E-state index contributed by atoms with van der Waals surface area (Å²) in [6, 6.07) is 3.97. The number of allylic oxidation sites excluding steroid dienone is 1. The van der Waals surface area contributed by atoms with Crippen molar-refractivity contribution in [1.29, 1.82) is 0 Å². The van der Waals surface area contributed by atoms with E-state index < -0.39 is 11.7 Å². The Morgan fingerprint density at radius 3 is 2.54 bits per heavy atom. The Morgan fingerprint density at radius 1 is 1.29 bits per heavy atom. The Labute approximate surface area is 176 Å². The van der Waals surface area contributed by atoms with Crippen LogP contribution in [0.2, 0.25) is 0 Å². The fourth-order valence-electron chi connectivity index (χ4n) is 2.20. The molecule has 0 aliphatic heterocycles. The van der Waals surface area contributed by atoms with E-state index in [-0.39, 0.29) is 19.2 Å². The summed E-state index contributed by atoms with van der Waals surface area (Å²) in [6.07, 6.45) is 4.22. The maximum Gasteiger partial charge on any atom is 0.410 e. The van der Waals surface area contributed by atoms with E-state index in [0.717, 1.165) is 16.2 Å². The number of likely N-dealkylation sites (N-methyl/N-ethyl adjacent to an activating group) is 1. The van der Waals surface area contributed by atoms with Crippen molar-refractivity contribution in [2.45, 2.75) is 46.3 Å². The second kappa shape index (κ2) is 12.0. The van der Waals surface area contributed by atoms with E-state index in [1.54, 1.807) is 35.0 Å². The molecule has 0 atom stereocenters. The number of ether oxygens (including phenoxy) is 2. The van der Waals surface area contributed by atoms with Gasteiger partial charge in [0.1, 0.15) is 12.2 Å². The molecule has 1 rings (SSSR count).